The molecule has 0 saturated carbocycles. The largest absolute Gasteiger partial charge is 0.495 e. The number of nitrogens with zero attached hydrogens (tertiary/aromatic N) is 3. The van der Waals surface area contributed by atoms with Gasteiger partial charge in [-0.05, 0) is 76.6 Å². The molecule has 0 radical (unpaired) electrons. The summed E-state index contributed by atoms with van der Waals surface area (Å²) in [5.41, 5.74) is 2.34. The number of methoxy groups -OCH3 is 1. The Morgan fingerprint density at radius 3 is 2.53 bits per heavy atom. The van der Waals surface area contributed by atoms with Gasteiger partial charge in [-0.2, -0.15) is 5.10 Å². The Kier molecular flexibility index (Phi) is 7.54. The number of carbonyl (C=O) groups is 1. The first-order chi connectivity index (χ1) is 17.2. The van der Waals surface area contributed by atoms with Crippen molar-refractivity contribution in [2.24, 2.45) is 0 Å². The lowest BCUT2D eigenvalue weighted by molar-refractivity contribution is -0.0390. The van der Waals surface area contributed by atoms with Crippen LogP contribution in [-0.4, -0.2) is 40.2 Å². The Hall–Kier alpha value is -3.13. The second-order valence-electron chi connectivity index (χ2n) is 10.4. The van der Waals surface area contributed by atoms with Gasteiger partial charge in [0, 0.05) is 24.6 Å². The van der Waals surface area contributed by atoms with Gasteiger partial charge in [0.15, 0.2) is 0 Å². The van der Waals surface area contributed by atoms with Crippen molar-refractivity contribution in [3.63, 3.8) is 0 Å². The highest BCUT2D eigenvalue weighted by Gasteiger charge is 2.33. The van der Waals surface area contributed by atoms with Gasteiger partial charge in [0.1, 0.15) is 17.6 Å². The summed E-state index contributed by atoms with van der Waals surface area (Å²) in [4.78, 5) is 17.4. The molecular weight excluding hydrogens is 456 g/mol. The number of carbonyl (C=O) groups excluding carboxylic acids is 1. The number of aromatic nitrogens is 3. The minimum Gasteiger partial charge on any atom is -0.495 e. The van der Waals surface area contributed by atoms with E-state index in [1.807, 2.05) is 62.1 Å². The number of rotatable bonds is 7. The van der Waals surface area contributed by atoms with Gasteiger partial charge in [-0.3, -0.25) is 4.98 Å². The maximum Gasteiger partial charge on any atom is 0.408 e. The molecule has 1 N–H and O–H groups in total. The lowest BCUT2D eigenvalue weighted by Crippen LogP contribution is -2.47. The minimum atomic E-state index is -0.566. The zero-order valence-electron chi connectivity index (χ0n) is 22.3. The molecule has 1 amide bonds. The van der Waals surface area contributed by atoms with Crippen LogP contribution in [0.25, 0.3) is 22.2 Å². The third kappa shape index (κ3) is 5.33. The summed E-state index contributed by atoms with van der Waals surface area (Å²) in [6.45, 7) is 10.5. The van der Waals surface area contributed by atoms with Crippen molar-refractivity contribution < 1.29 is 19.0 Å². The molecular formula is C28H38N4O4. The topological polar surface area (TPSA) is 87.5 Å². The molecule has 4 rings (SSSR count). The van der Waals surface area contributed by atoms with Crippen LogP contribution in [0.15, 0.2) is 36.7 Å². The van der Waals surface area contributed by atoms with Crippen molar-refractivity contribution in [1.29, 1.82) is 0 Å². The van der Waals surface area contributed by atoms with E-state index in [0.717, 1.165) is 59.3 Å². The summed E-state index contributed by atoms with van der Waals surface area (Å²) < 4.78 is 19.2. The van der Waals surface area contributed by atoms with E-state index in [2.05, 4.69) is 19.2 Å². The van der Waals surface area contributed by atoms with E-state index >= 15 is 0 Å². The summed E-state index contributed by atoms with van der Waals surface area (Å²) in [6.07, 6.45) is 7.99. The smallest absolute Gasteiger partial charge is 0.408 e. The molecule has 36 heavy (non-hydrogen) atoms. The Balaban J connectivity index is 1.64. The van der Waals surface area contributed by atoms with E-state index in [1.54, 1.807) is 7.11 Å². The number of hydrogen-bond acceptors (Lipinski definition) is 6. The molecule has 0 bridgehead atoms. The summed E-state index contributed by atoms with van der Waals surface area (Å²) in [7, 11) is 1.67. The maximum absolute atomic E-state index is 12.6. The number of benzene rings is 1. The van der Waals surface area contributed by atoms with Gasteiger partial charge in [-0.1, -0.05) is 19.9 Å². The third-order valence-corrected chi connectivity index (χ3v) is 6.85. The molecule has 0 spiro atoms. The summed E-state index contributed by atoms with van der Waals surface area (Å²) >= 11 is 0. The molecule has 3 heterocycles. The number of pyridine rings is 1. The normalized spacial score (nSPS) is 16.7. The molecule has 8 heteroatoms. The number of nitrogens with one attached hydrogen (secondary N) is 1. The first kappa shape index (κ1) is 25.9. The zero-order valence-corrected chi connectivity index (χ0v) is 22.3. The fourth-order valence-electron chi connectivity index (χ4n) is 4.83. The highest BCUT2D eigenvalue weighted by Crippen LogP contribution is 2.38. The SMILES string of the molecule is CCC(CC)(NC(=O)OC(C)(C)C)c1ccc(-c2ccc3nn(C4CCCCO4)cc3c2OC)nc1. The molecule has 1 aliphatic heterocycles. The van der Waals surface area contributed by atoms with Crippen LogP contribution in [-0.2, 0) is 15.0 Å². The van der Waals surface area contributed by atoms with Crippen LogP contribution < -0.4 is 10.1 Å². The van der Waals surface area contributed by atoms with Crippen LogP contribution in [0, 0.1) is 0 Å². The Bertz CT molecular complexity index is 1190. The highest BCUT2D eigenvalue weighted by molar-refractivity contribution is 5.92. The predicted molar refractivity (Wildman–Crippen MR) is 140 cm³/mol. The second kappa shape index (κ2) is 10.5. The number of amides is 1. The lowest BCUT2D eigenvalue weighted by Gasteiger charge is -2.34. The average Bonchev–Trinajstić information content (AvgIpc) is 3.31. The van der Waals surface area contributed by atoms with E-state index in [9.17, 15) is 4.79 Å². The Morgan fingerprint density at radius 2 is 1.94 bits per heavy atom. The molecule has 1 fully saturated rings. The number of alkyl carbamates (subject to hydrolysis) is 1. The van der Waals surface area contributed by atoms with Gasteiger partial charge in [0.2, 0.25) is 0 Å². The second-order valence-corrected chi connectivity index (χ2v) is 10.4. The first-order valence-corrected chi connectivity index (χ1v) is 12.8. The van der Waals surface area contributed by atoms with Crippen LogP contribution in [0.2, 0.25) is 0 Å². The molecule has 8 nitrogen and oxygen atoms in total. The van der Waals surface area contributed by atoms with Gasteiger partial charge < -0.3 is 19.5 Å². The fourth-order valence-corrected chi connectivity index (χ4v) is 4.83. The van der Waals surface area contributed by atoms with E-state index in [-0.39, 0.29) is 6.23 Å². The van der Waals surface area contributed by atoms with E-state index in [4.69, 9.17) is 24.3 Å². The van der Waals surface area contributed by atoms with Crippen LogP contribution in [0.1, 0.15) is 78.5 Å². The molecule has 1 aromatic carbocycles. The molecule has 1 aliphatic rings. The minimum absolute atomic E-state index is 0.0367. The summed E-state index contributed by atoms with van der Waals surface area (Å²) in [5.74, 6) is 0.735. The van der Waals surface area contributed by atoms with Crippen LogP contribution in [0.4, 0.5) is 4.79 Å². The van der Waals surface area contributed by atoms with Crippen LogP contribution in [0.5, 0.6) is 5.75 Å². The molecule has 1 unspecified atom stereocenters. The number of fused-ring (bicyclic) bond motifs is 1. The van der Waals surface area contributed by atoms with E-state index in [0.29, 0.717) is 12.8 Å². The monoisotopic (exact) mass is 494 g/mol. The molecule has 1 atom stereocenters. The number of ether oxygens (including phenoxy) is 3. The van der Waals surface area contributed by atoms with E-state index in [1.165, 1.54) is 0 Å². The third-order valence-electron chi connectivity index (χ3n) is 6.85. The lowest BCUT2D eigenvalue weighted by atomic mass is 9.85. The molecule has 0 aliphatic carbocycles. The average molecular weight is 495 g/mol. The molecule has 1 saturated heterocycles. The highest BCUT2D eigenvalue weighted by atomic mass is 16.6. The van der Waals surface area contributed by atoms with Crippen molar-refractivity contribution in [2.75, 3.05) is 13.7 Å². The zero-order chi connectivity index (χ0) is 25.9. The van der Waals surface area contributed by atoms with E-state index < -0.39 is 17.2 Å². The molecule has 194 valence electrons. The molecule has 2 aromatic heterocycles. The Labute approximate surface area is 213 Å². The van der Waals surface area contributed by atoms with Gasteiger partial charge in [-0.25, -0.2) is 9.48 Å². The molecule has 3 aromatic rings. The first-order valence-electron chi connectivity index (χ1n) is 12.8. The summed E-state index contributed by atoms with van der Waals surface area (Å²) in [6, 6.07) is 7.99. The van der Waals surface area contributed by atoms with Crippen molar-refractivity contribution in [1.82, 2.24) is 20.1 Å². The standard InChI is InChI=1S/C28H38N4O4/c1-7-28(8-2,30-26(33)36-27(3,4)5)19-12-14-22(29-17-19)20-13-15-23-21(25(20)34-6)18-32(31-23)24-11-9-10-16-35-24/h12-15,17-18,24H,7-11,16H2,1-6H3,(H,30,33). The predicted octanol–water partition coefficient (Wildman–Crippen LogP) is 6.35. The number of hydrogen-bond donors (Lipinski definition) is 1. The van der Waals surface area contributed by atoms with Crippen molar-refractivity contribution in [2.45, 2.75) is 84.1 Å². The van der Waals surface area contributed by atoms with Crippen LogP contribution >= 0.6 is 0 Å². The van der Waals surface area contributed by atoms with Crippen molar-refractivity contribution in [3.05, 3.63) is 42.2 Å². The summed E-state index contributed by atoms with van der Waals surface area (Å²) in [5, 5.41) is 8.76. The van der Waals surface area contributed by atoms with Gasteiger partial charge in [0.25, 0.3) is 0 Å². The van der Waals surface area contributed by atoms with Crippen molar-refractivity contribution >= 4 is 17.0 Å². The van der Waals surface area contributed by atoms with Gasteiger partial charge >= 0.3 is 6.09 Å². The van der Waals surface area contributed by atoms with Gasteiger partial charge in [0.05, 0.1) is 29.2 Å². The van der Waals surface area contributed by atoms with Crippen molar-refractivity contribution in [3.8, 4) is 17.0 Å². The maximum atomic E-state index is 12.6. The Morgan fingerprint density at radius 1 is 1.17 bits per heavy atom. The fraction of sp³-hybridized carbons (Fsp3) is 0.536. The van der Waals surface area contributed by atoms with Crippen LogP contribution in [0.3, 0.4) is 0 Å². The quantitative estimate of drug-likeness (QED) is 0.412. The van der Waals surface area contributed by atoms with Gasteiger partial charge in [-0.15, -0.1) is 0 Å².